The largest absolute Gasteiger partial charge is 0.417 e. The molecule has 3 aromatic carbocycles. The second-order valence-corrected chi connectivity index (χ2v) is 8.46. The number of alkyl halides is 3. The van der Waals surface area contributed by atoms with Crippen LogP contribution in [0, 0.1) is 6.92 Å². The maximum atomic E-state index is 13.4. The summed E-state index contributed by atoms with van der Waals surface area (Å²) in [7, 11) is 1.74. The molecule has 0 spiro atoms. The highest BCUT2D eigenvalue weighted by Gasteiger charge is 2.33. The summed E-state index contributed by atoms with van der Waals surface area (Å²) in [5.41, 5.74) is 3.44. The van der Waals surface area contributed by atoms with Crippen LogP contribution in [0.2, 0.25) is 0 Å². The fraction of sp³-hybridized carbons (Fsp3) is 0.107. The van der Waals surface area contributed by atoms with Gasteiger partial charge in [0.05, 0.1) is 16.8 Å². The van der Waals surface area contributed by atoms with E-state index in [1.807, 2.05) is 24.3 Å². The number of rotatable bonds is 4. The third-order valence-electron chi connectivity index (χ3n) is 6.10. The van der Waals surface area contributed by atoms with Crippen LogP contribution in [-0.2, 0) is 13.2 Å². The molecule has 1 N–H and O–H groups in total. The highest BCUT2D eigenvalue weighted by Crippen LogP contribution is 2.37. The van der Waals surface area contributed by atoms with Crippen LogP contribution in [0.15, 0.2) is 90.0 Å². The van der Waals surface area contributed by atoms with Crippen LogP contribution in [0.4, 0.5) is 24.7 Å². The number of nitrogens with zero attached hydrogens (tertiary/aromatic N) is 3. The molecule has 0 saturated heterocycles. The lowest BCUT2D eigenvalue weighted by molar-refractivity contribution is -0.137. The molecular formula is C28H21F3N4O. The maximum absolute atomic E-state index is 13.4. The molecule has 0 atom stereocenters. The number of fused-ring (bicyclic) bond motifs is 1. The molecule has 36 heavy (non-hydrogen) atoms. The molecule has 2 aromatic heterocycles. The molecule has 0 aliphatic rings. The van der Waals surface area contributed by atoms with Gasteiger partial charge in [0.2, 0.25) is 0 Å². The Kier molecular flexibility index (Phi) is 5.80. The van der Waals surface area contributed by atoms with Gasteiger partial charge in [-0.05, 0) is 42.3 Å². The minimum atomic E-state index is -4.44. The zero-order valence-corrected chi connectivity index (χ0v) is 19.5. The van der Waals surface area contributed by atoms with Gasteiger partial charge in [-0.25, -0.2) is 9.97 Å². The molecule has 5 aromatic rings. The number of halogens is 3. The summed E-state index contributed by atoms with van der Waals surface area (Å²) in [6.45, 7) is 1.78. The van der Waals surface area contributed by atoms with Gasteiger partial charge in [0, 0.05) is 35.3 Å². The van der Waals surface area contributed by atoms with E-state index in [0.717, 1.165) is 28.2 Å². The van der Waals surface area contributed by atoms with Crippen molar-refractivity contribution in [1.82, 2.24) is 14.5 Å². The van der Waals surface area contributed by atoms with Crippen molar-refractivity contribution < 1.29 is 13.2 Å². The quantitative estimate of drug-likeness (QED) is 0.306. The lowest BCUT2D eigenvalue weighted by Crippen LogP contribution is -2.19. The first kappa shape index (κ1) is 23.3. The summed E-state index contributed by atoms with van der Waals surface area (Å²) in [5.74, 6) is 0.547. The monoisotopic (exact) mass is 486 g/mol. The number of aryl methyl sites for hydroxylation is 2. The van der Waals surface area contributed by atoms with Gasteiger partial charge in [0.1, 0.15) is 12.1 Å². The van der Waals surface area contributed by atoms with Crippen LogP contribution in [0.1, 0.15) is 11.1 Å². The van der Waals surface area contributed by atoms with Crippen molar-refractivity contribution in [2.75, 3.05) is 5.32 Å². The molecule has 180 valence electrons. The molecule has 0 unspecified atom stereocenters. The van der Waals surface area contributed by atoms with Gasteiger partial charge >= 0.3 is 6.18 Å². The smallest absolute Gasteiger partial charge is 0.340 e. The van der Waals surface area contributed by atoms with Gasteiger partial charge in [0.25, 0.3) is 5.56 Å². The standard InChI is InChI=1S/C28H21F3N4O/c1-17-14-21-23(8-5-9-25(21)35(2)27(17)36)34-26-15-24(32-16-33-26)19-12-10-18(11-13-19)20-6-3-4-7-22(20)28(29,30)31/h3-16H,1-2H3,(H,32,33,34). The molecule has 0 amide bonds. The number of pyridine rings is 1. The van der Waals surface area contributed by atoms with E-state index in [1.54, 1.807) is 54.9 Å². The maximum Gasteiger partial charge on any atom is 0.417 e. The number of hydrogen-bond donors (Lipinski definition) is 1. The second kappa shape index (κ2) is 8.96. The van der Waals surface area contributed by atoms with Crippen molar-refractivity contribution in [1.29, 1.82) is 0 Å². The average molecular weight is 486 g/mol. The number of hydrogen-bond acceptors (Lipinski definition) is 4. The Labute approximate surface area is 204 Å². The highest BCUT2D eigenvalue weighted by molar-refractivity contribution is 5.93. The van der Waals surface area contributed by atoms with Gasteiger partial charge in [-0.3, -0.25) is 4.79 Å². The van der Waals surface area contributed by atoms with E-state index in [2.05, 4.69) is 15.3 Å². The molecule has 0 saturated carbocycles. The van der Waals surface area contributed by atoms with Crippen molar-refractivity contribution in [3.63, 3.8) is 0 Å². The summed E-state index contributed by atoms with van der Waals surface area (Å²) in [6, 6.07) is 21.6. The molecule has 0 aliphatic heterocycles. The lowest BCUT2D eigenvalue weighted by Gasteiger charge is -2.14. The second-order valence-electron chi connectivity index (χ2n) is 8.46. The minimum absolute atomic E-state index is 0.0507. The van der Waals surface area contributed by atoms with Crippen molar-refractivity contribution in [3.8, 4) is 22.4 Å². The Morgan fingerprint density at radius 3 is 2.33 bits per heavy atom. The van der Waals surface area contributed by atoms with Crippen molar-refractivity contribution in [2.24, 2.45) is 7.05 Å². The van der Waals surface area contributed by atoms with E-state index >= 15 is 0 Å². The normalized spacial score (nSPS) is 11.6. The van der Waals surface area contributed by atoms with Crippen molar-refractivity contribution in [3.05, 3.63) is 107 Å². The number of benzene rings is 3. The third-order valence-corrected chi connectivity index (χ3v) is 6.10. The fourth-order valence-electron chi connectivity index (χ4n) is 4.28. The van der Waals surface area contributed by atoms with Crippen molar-refractivity contribution in [2.45, 2.75) is 13.1 Å². The first-order chi connectivity index (χ1) is 17.2. The van der Waals surface area contributed by atoms with E-state index in [4.69, 9.17) is 0 Å². The predicted octanol–water partition coefficient (Wildman–Crippen LogP) is 6.73. The SMILES string of the molecule is Cc1cc2c(Nc3cc(-c4ccc(-c5ccccc5C(F)(F)F)cc4)ncn3)cccc2n(C)c1=O. The van der Waals surface area contributed by atoms with Gasteiger partial charge in [-0.15, -0.1) is 0 Å². The van der Waals surface area contributed by atoms with Crippen LogP contribution >= 0.6 is 0 Å². The first-order valence-corrected chi connectivity index (χ1v) is 11.2. The van der Waals surface area contributed by atoms with Crippen LogP contribution in [0.25, 0.3) is 33.3 Å². The predicted molar refractivity (Wildman–Crippen MR) is 135 cm³/mol. The Hall–Kier alpha value is -4.46. The molecular weight excluding hydrogens is 465 g/mol. The molecule has 5 rings (SSSR count). The van der Waals surface area contributed by atoms with Crippen LogP contribution in [0.3, 0.4) is 0 Å². The van der Waals surface area contributed by atoms with Gasteiger partial charge < -0.3 is 9.88 Å². The van der Waals surface area contributed by atoms with Crippen molar-refractivity contribution >= 4 is 22.4 Å². The fourth-order valence-corrected chi connectivity index (χ4v) is 4.28. The summed E-state index contributed by atoms with van der Waals surface area (Å²) in [4.78, 5) is 21.0. The number of nitrogens with one attached hydrogen (secondary N) is 1. The van der Waals surface area contributed by atoms with E-state index in [1.165, 1.54) is 18.5 Å². The number of aromatic nitrogens is 3. The van der Waals surface area contributed by atoms with Gasteiger partial charge in [0.15, 0.2) is 0 Å². The Bertz CT molecular complexity index is 1640. The summed E-state index contributed by atoms with van der Waals surface area (Å²) < 4.78 is 41.9. The summed E-state index contributed by atoms with van der Waals surface area (Å²) in [5, 5.41) is 4.18. The minimum Gasteiger partial charge on any atom is -0.340 e. The zero-order chi connectivity index (χ0) is 25.4. The third kappa shape index (κ3) is 4.33. The van der Waals surface area contributed by atoms with E-state index in [-0.39, 0.29) is 11.1 Å². The lowest BCUT2D eigenvalue weighted by atomic mass is 9.98. The molecule has 0 aliphatic carbocycles. The highest BCUT2D eigenvalue weighted by atomic mass is 19.4. The first-order valence-electron chi connectivity index (χ1n) is 11.2. The Balaban J connectivity index is 1.47. The van der Waals surface area contributed by atoms with E-state index in [0.29, 0.717) is 22.6 Å². The molecule has 0 bridgehead atoms. The molecule has 5 nitrogen and oxygen atoms in total. The topological polar surface area (TPSA) is 59.8 Å². The van der Waals surface area contributed by atoms with E-state index in [9.17, 15) is 18.0 Å². The molecule has 8 heteroatoms. The van der Waals surface area contributed by atoms with Gasteiger partial charge in [-0.1, -0.05) is 48.5 Å². The summed E-state index contributed by atoms with van der Waals surface area (Å²) in [6.07, 6.45) is -3.01. The molecule has 0 fully saturated rings. The van der Waals surface area contributed by atoms with E-state index < -0.39 is 11.7 Å². The molecule has 2 heterocycles. The Morgan fingerprint density at radius 2 is 1.58 bits per heavy atom. The van der Waals surface area contributed by atoms with Crippen LogP contribution in [-0.4, -0.2) is 14.5 Å². The van der Waals surface area contributed by atoms with Crippen LogP contribution < -0.4 is 10.9 Å². The molecule has 0 radical (unpaired) electrons. The zero-order valence-electron chi connectivity index (χ0n) is 19.5. The van der Waals surface area contributed by atoms with Gasteiger partial charge in [-0.2, -0.15) is 13.2 Å². The number of anilines is 2. The Morgan fingerprint density at radius 1 is 0.861 bits per heavy atom. The van der Waals surface area contributed by atoms with Crippen LogP contribution in [0.5, 0.6) is 0 Å². The summed E-state index contributed by atoms with van der Waals surface area (Å²) >= 11 is 0. The average Bonchev–Trinajstić information content (AvgIpc) is 2.88.